The van der Waals surface area contributed by atoms with E-state index in [0.717, 1.165) is 18.4 Å². The molecule has 0 saturated heterocycles. The van der Waals surface area contributed by atoms with E-state index in [0.29, 0.717) is 24.5 Å². The molecule has 0 unspecified atom stereocenters. The summed E-state index contributed by atoms with van der Waals surface area (Å²) in [6.45, 7) is 7.03. The van der Waals surface area contributed by atoms with Gasteiger partial charge in [0.05, 0.1) is 11.4 Å². The van der Waals surface area contributed by atoms with Gasteiger partial charge >= 0.3 is 11.8 Å². The lowest BCUT2D eigenvalue weighted by atomic mass is 10.2. The third-order valence-electron chi connectivity index (χ3n) is 2.93. The van der Waals surface area contributed by atoms with Crippen molar-refractivity contribution < 1.29 is 9.59 Å². The van der Waals surface area contributed by atoms with Crippen LogP contribution in [0.25, 0.3) is 0 Å². The summed E-state index contributed by atoms with van der Waals surface area (Å²) in [6, 6.07) is 5.32. The lowest BCUT2D eigenvalue weighted by Gasteiger charge is -2.20. The molecule has 0 bridgehead atoms. The van der Waals surface area contributed by atoms with E-state index >= 15 is 0 Å². The molecular formula is C15H23N3O2. The van der Waals surface area contributed by atoms with Crippen LogP contribution < -0.4 is 11.1 Å². The number of rotatable bonds is 5. The molecule has 0 aliphatic rings. The Morgan fingerprint density at radius 3 is 2.35 bits per heavy atom. The molecule has 0 heterocycles. The van der Waals surface area contributed by atoms with Crippen LogP contribution >= 0.6 is 0 Å². The number of amides is 2. The summed E-state index contributed by atoms with van der Waals surface area (Å²) < 4.78 is 0. The maximum Gasteiger partial charge on any atom is 0.313 e. The minimum Gasteiger partial charge on any atom is -0.397 e. The van der Waals surface area contributed by atoms with Gasteiger partial charge in [-0.15, -0.1) is 0 Å². The number of carbonyl (C=O) groups excluding carboxylic acids is 2. The lowest BCUT2D eigenvalue weighted by Crippen LogP contribution is -2.40. The summed E-state index contributed by atoms with van der Waals surface area (Å²) in [7, 11) is 0. The van der Waals surface area contributed by atoms with Gasteiger partial charge in [0.2, 0.25) is 0 Å². The van der Waals surface area contributed by atoms with Crippen LogP contribution in [0, 0.1) is 6.92 Å². The van der Waals surface area contributed by atoms with Crippen molar-refractivity contribution in [1.82, 2.24) is 4.90 Å². The third kappa shape index (κ3) is 4.26. The van der Waals surface area contributed by atoms with Crippen LogP contribution in [0.2, 0.25) is 0 Å². The van der Waals surface area contributed by atoms with E-state index < -0.39 is 11.8 Å². The summed E-state index contributed by atoms with van der Waals surface area (Å²) >= 11 is 0. The fraction of sp³-hybridized carbons (Fsp3) is 0.467. The molecule has 1 rings (SSSR count). The van der Waals surface area contributed by atoms with E-state index in [1.165, 1.54) is 0 Å². The van der Waals surface area contributed by atoms with Crippen molar-refractivity contribution in [1.29, 1.82) is 0 Å². The third-order valence-corrected chi connectivity index (χ3v) is 2.93. The first-order valence-corrected chi connectivity index (χ1v) is 6.96. The summed E-state index contributed by atoms with van der Waals surface area (Å²) in [6.07, 6.45) is 1.65. The van der Waals surface area contributed by atoms with E-state index in [4.69, 9.17) is 5.73 Å². The first-order valence-electron chi connectivity index (χ1n) is 6.96. The zero-order valence-electron chi connectivity index (χ0n) is 12.4. The van der Waals surface area contributed by atoms with Crippen LogP contribution in [-0.4, -0.2) is 29.8 Å². The van der Waals surface area contributed by atoms with Crippen LogP contribution in [0.3, 0.4) is 0 Å². The summed E-state index contributed by atoms with van der Waals surface area (Å²) in [4.78, 5) is 25.7. The number of benzene rings is 1. The molecule has 5 nitrogen and oxygen atoms in total. The van der Waals surface area contributed by atoms with Gasteiger partial charge in [-0.3, -0.25) is 9.59 Å². The molecule has 0 spiro atoms. The molecular weight excluding hydrogens is 254 g/mol. The highest BCUT2D eigenvalue weighted by atomic mass is 16.2. The van der Waals surface area contributed by atoms with Gasteiger partial charge in [0.25, 0.3) is 0 Å². The number of hydrogen-bond acceptors (Lipinski definition) is 3. The summed E-state index contributed by atoms with van der Waals surface area (Å²) in [5.74, 6) is -1.14. The molecule has 0 aliphatic carbocycles. The number of nitrogens with zero attached hydrogens (tertiary/aromatic N) is 1. The quantitative estimate of drug-likeness (QED) is 0.639. The molecule has 110 valence electrons. The number of aryl methyl sites for hydroxylation is 1. The van der Waals surface area contributed by atoms with Crippen LogP contribution in [0.1, 0.15) is 32.3 Å². The summed E-state index contributed by atoms with van der Waals surface area (Å²) in [5.41, 5.74) is 7.70. The Labute approximate surface area is 120 Å². The smallest absolute Gasteiger partial charge is 0.313 e. The van der Waals surface area contributed by atoms with E-state index in [-0.39, 0.29) is 0 Å². The van der Waals surface area contributed by atoms with Gasteiger partial charge in [-0.25, -0.2) is 0 Å². The van der Waals surface area contributed by atoms with E-state index in [1.54, 1.807) is 17.0 Å². The fourth-order valence-corrected chi connectivity index (χ4v) is 1.95. The van der Waals surface area contributed by atoms with Crippen molar-refractivity contribution >= 4 is 23.2 Å². The number of anilines is 2. The van der Waals surface area contributed by atoms with Crippen molar-refractivity contribution in [3.05, 3.63) is 23.8 Å². The Hall–Kier alpha value is -2.04. The molecule has 20 heavy (non-hydrogen) atoms. The SMILES string of the molecule is CCCN(CCC)C(=O)C(=O)Nc1cc(C)ccc1N. The van der Waals surface area contributed by atoms with Gasteiger partial charge in [-0.1, -0.05) is 19.9 Å². The normalized spacial score (nSPS) is 10.2. The van der Waals surface area contributed by atoms with Crippen LogP contribution in [0.5, 0.6) is 0 Å². The summed E-state index contributed by atoms with van der Waals surface area (Å²) in [5, 5.41) is 2.59. The second kappa shape index (κ2) is 7.53. The van der Waals surface area contributed by atoms with Crippen LogP contribution in [0.4, 0.5) is 11.4 Å². The van der Waals surface area contributed by atoms with Gasteiger partial charge in [0.1, 0.15) is 0 Å². The van der Waals surface area contributed by atoms with Crippen LogP contribution in [-0.2, 0) is 9.59 Å². The second-order valence-electron chi connectivity index (χ2n) is 4.84. The largest absolute Gasteiger partial charge is 0.397 e. The van der Waals surface area contributed by atoms with Gasteiger partial charge < -0.3 is 16.0 Å². The predicted octanol–water partition coefficient (Wildman–Crippen LogP) is 2.16. The van der Waals surface area contributed by atoms with E-state index in [2.05, 4.69) is 5.32 Å². The van der Waals surface area contributed by atoms with E-state index in [9.17, 15) is 9.59 Å². The molecule has 0 radical (unpaired) electrons. The molecule has 0 fully saturated rings. The molecule has 2 amide bonds. The standard InChI is InChI=1S/C15H23N3O2/c1-4-8-18(9-5-2)15(20)14(19)17-13-10-11(3)6-7-12(13)16/h6-7,10H,4-5,8-9,16H2,1-3H3,(H,17,19). The van der Waals surface area contributed by atoms with Crippen LogP contribution in [0.15, 0.2) is 18.2 Å². The first kappa shape index (κ1) is 16.0. The van der Waals surface area contributed by atoms with Crippen molar-refractivity contribution in [2.45, 2.75) is 33.6 Å². The maximum atomic E-state index is 12.1. The van der Waals surface area contributed by atoms with Gasteiger partial charge in [-0.2, -0.15) is 0 Å². The Morgan fingerprint density at radius 2 is 1.80 bits per heavy atom. The molecule has 3 N–H and O–H groups in total. The highest BCUT2D eigenvalue weighted by Gasteiger charge is 2.21. The minimum absolute atomic E-state index is 0.453. The average Bonchev–Trinajstić information content (AvgIpc) is 2.41. The molecule has 0 aromatic heterocycles. The monoisotopic (exact) mass is 277 g/mol. The molecule has 0 atom stereocenters. The lowest BCUT2D eigenvalue weighted by molar-refractivity contribution is -0.143. The number of carbonyl (C=O) groups is 2. The van der Waals surface area contributed by atoms with Crippen molar-refractivity contribution in [3.8, 4) is 0 Å². The van der Waals surface area contributed by atoms with Gasteiger partial charge in [-0.05, 0) is 37.5 Å². The fourth-order valence-electron chi connectivity index (χ4n) is 1.95. The Morgan fingerprint density at radius 1 is 1.20 bits per heavy atom. The second-order valence-corrected chi connectivity index (χ2v) is 4.84. The Balaban J connectivity index is 2.78. The molecule has 1 aromatic rings. The van der Waals surface area contributed by atoms with Gasteiger partial charge in [0, 0.05) is 13.1 Å². The molecule has 0 saturated carbocycles. The van der Waals surface area contributed by atoms with Gasteiger partial charge in [0.15, 0.2) is 0 Å². The minimum atomic E-state index is -0.635. The zero-order valence-corrected chi connectivity index (χ0v) is 12.4. The first-order chi connectivity index (χ1) is 9.49. The highest BCUT2D eigenvalue weighted by Crippen LogP contribution is 2.19. The Bertz CT molecular complexity index is 480. The highest BCUT2D eigenvalue weighted by molar-refractivity contribution is 6.39. The average molecular weight is 277 g/mol. The predicted molar refractivity (Wildman–Crippen MR) is 81.4 cm³/mol. The topological polar surface area (TPSA) is 75.4 Å². The molecule has 5 heteroatoms. The van der Waals surface area contributed by atoms with E-state index in [1.807, 2.05) is 26.8 Å². The van der Waals surface area contributed by atoms with Crippen molar-refractivity contribution in [3.63, 3.8) is 0 Å². The number of nitrogen functional groups attached to an aromatic ring is 1. The number of nitrogens with one attached hydrogen (secondary N) is 1. The molecule has 0 aliphatic heterocycles. The zero-order chi connectivity index (χ0) is 15.1. The number of nitrogens with two attached hydrogens (primary N) is 1. The van der Waals surface area contributed by atoms with Crippen molar-refractivity contribution in [2.24, 2.45) is 0 Å². The maximum absolute atomic E-state index is 12.1. The Kier molecular flexibility index (Phi) is 6.03. The number of hydrogen-bond donors (Lipinski definition) is 2. The molecule has 1 aromatic carbocycles. The van der Waals surface area contributed by atoms with Crippen molar-refractivity contribution in [2.75, 3.05) is 24.1 Å².